The Hall–Kier alpha value is -1.18. The summed E-state index contributed by atoms with van der Waals surface area (Å²) in [5.74, 6) is 2.80. The maximum absolute atomic E-state index is 5.60. The van der Waals surface area contributed by atoms with Gasteiger partial charge >= 0.3 is 0 Å². The van der Waals surface area contributed by atoms with Crippen LogP contribution in [0.2, 0.25) is 0 Å². The van der Waals surface area contributed by atoms with Crippen LogP contribution in [0.5, 0.6) is 11.5 Å². The molecule has 2 aliphatic heterocycles. The standard InChI is InChI=1S/C18H25N3O2.HI/c1-21-10-9-19-17(21)20-12-18(7-3-2-4-8-18)14-5-6-15-16(11-14)23-13-22-15;/h5-6,11H,2-4,7-10,12-13H2,1H3,(H,19,20);1H. The van der Waals surface area contributed by atoms with Crippen LogP contribution in [0, 0.1) is 0 Å². The quantitative estimate of drug-likeness (QED) is 0.730. The van der Waals surface area contributed by atoms with Gasteiger partial charge in [-0.2, -0.15) is 0 Å². The zero-order valence-electron chi connectivity index (χ0n) is 14.2. The molecule has 1 aliphatic carbocycles. The fraction of sp³-hybridized carbons (Fsp3) is 0.611. The summed E-state index contributed by atoms with van der Waals surface area (Å²) in [5.41, 5.74) is 1.54. The lowest BCUT2D eigenvalue weighted by molar-refractivity contribution is 0.174. The average molecular weight is 443 g/mol. The van der Waals surface area contributed by atoms with Gasteiger partial charge in [-0.1, -0.05) is 25.3 Å². The molecule has 0 aromatic heterocycles. The molecule has 0 spiro atoms. The molecule has 6 heteroatoms. The highest BCUT2D eigenvalue weighted by Crippen LogP contribution is 2.43. The van der Waals surface area contributed by atoms with E-state index in [0.717, 1.165) is 37.1 Å². The molecule has 132 valence electrons. The summed E-state index contributed by atoms with van der Waals surface area (Å²) in [6.07, 6.45) is 6.36. The van der Waals surface area contributed by atoms with Crippen molar-refractivity contribution in [2.75, 3.05) is 33.5 Å². The number of nitrogens with one attached hydrogen (secondary N) is 1. The molecule has 3 aliphatic rings. The Balaban J connectivity index is 0.00000169. The third-order valence-electron chi connectivity index (χ3n) is 5.44. The van der Waals surface area contributed by atoms with E-state index in [0.29, 0.717) is 6.79 Å². The highest BCUT2D eigenvalue weighted by Gasteiger charge is 2.35. The molecule has 24 heavy (non-hydrogen) atoms. The van der Waals surface area contributed by atoms with Crippen LogP contribution in [0.25, 0.3) is 0 Å². The summed E-state index contributed by atoms with van der Waals surface area (Å²) in [5, 5.41) is 3.61. The maximum atomic E-state index is 5.60. The summed E-state index contributed by atoms with van der Waals surface area (Å²) in [6, 6.07) is 6.48. The fourth-order valence-electron chi connectivity index (χ4n) is 3.99. The normalized spacial score (nSPS) is 21.2. The number of guanidine groups is 1. The number of fused-ring (bicyclic) bond motifs is 1. The van der Waals surface area contributed by atoms with Crippen molar-refractivity contribution < 1.29 is 9.47 Å². The van der Waals surface area contributed by atoms with Gasteiger partial charge in [0.25, 0.3) is 0 Å². The van der Waals surface area contributed by atoms with E-state index in [1.54, 1.807) is 0 Å². The summed E-state index contributed by atoms with van der Waals surface area (Å²) in [6.45, 7) is 3.19. The van der Waals surface area contributed by atoms with Gasteiger partial charge in [0.1, 0.15) is 0 Å². The molecule has 1 fully saturated rings. The number of likely N-dealkylation sites (N-methyl/N-ethyl adjacent to an activating group) is 1. The highest BCUT2D eigenvalue weighted by molar-refractivity contribution is 14.0. The van der Waals surface area contributed by atoms with Crippen LogP contribution in [0.1, 0.15) is 37.7 Å². The first-order chi connectivity index (χ1) is 11.3. The molecule has 1 saturated carbocycles. The summed E-state index contributed by atoms with van der Waals surface area (Å²) in [4.78, 5) is 6.78. The Labute approximate surface area is 160 Å². The number of aliphatic imine (C=N–C) groups is 1. The molecule has 0 unspecified atom stereocenters. The van der Waals surface area contributed by atoms with E-state index >= 15 is 0 Å². The third-order valence-corrected chi connectivity index (χ3v) is 5.44. The minimum atomic E-state index is 0. The van der Waals surface area contributed by atoms with E-state index in [1.807, 2.05) is 0 Å². The highest BCUT2D eigenvalue weighted by atomic mass is 127. The fourth-order valence-corrected chi connectivity index (χ4v) is 3.99. The Morgan fingerprint density at radius 1 is 1.17 bits per heavy atom. The van der Waals surface area contributed by atoms with Crippen molar-refractivity contribution in [3.63, 3.8) is 0 Å². The smallest absolute Gasteiger partial charge is 0.231 e. The lowest BCUT2D eigenvalue weighted by Crippen LogP contribution is -2.45. The van der Waals surface area contributed by atoms with E-state index in [9.17, 15) is 0 Å². The topological polar surface area (TPSA) is 46.1 Å². The molecule has 0 atom stereocenters. The number of nitrogens with zero attached hydrogens (tertiary/aromatic N) is 2. The van der Waals surface area contributed by atoms with E-state index in [4.69, 9.17) is 9.47 Å². The zero-order valence-corrected chi connectivity index (χ0v) is 16.5. The molecule has 5 nitrogen and oxygen atoms in total. The SMILES string of the molecule is CN1CCN=C1NCC1(c2ccc3c(c2)OCO3)CCCCC1.I. The van der Waals surface area contributed by atoms with Gasteiger partial charge in [0.15, 0.2) is 17.5 Å². The van der Waals surface area contributed by atoms with Gasteiger partial charge in [-0.15, -0.1) is 24.0 Å². The van der Waals surface area contributed by atoms with E-state index in [-0.39, 0.29) is 29.4 Å². The van der Waals surface area contributed by atoms with E-state index in [2.05, 4.69) is 40.5 Å². The summed E-state index contributed by atoms with van der Waals surface area (Å²) in [7, 11) is 2.10. The third kappa shape index (κ3) is 3.30. The van der Waals surface area contributed by atoms with Crippen molar-refractivity contribution in [3.05, 3.63) is 23.8 Å². The van der Waals surface area contributed by atoms with Gasteiger partial charge in [0.2, 0.25) is 6.79 Å². The zero-order chi connectivity index (χ0) is 15.7. The molecule has 0 amide bonds. The monoisotopic (exact) mass is 443 g/mol. The van der Waals surface area contributed by atoms with Gasteiger partial charge in [0.05, 0.1) is 6.54 Å². The van der Waals surface area contributed by atoms with Gasteiger partial charge in [0, 0.05) is 25.6 Å². The molecular weight excluding hydrogens is 417 g/mol. The van der Waals surface area contributed by atoms with Crippen LogP contribution < -0.4 is 14.8 Å². The number of halogens is 1. The molecule has 2 heterocycles. The number of hydrogen-bond acceptors (Lipinski definition) is 5. The first-order valence-electron chi connectivity index (χ1n) is 8.66. The molecule has 1 N–H and O–H groups in total. The lowest BCUT2D eigenvalue weighted by atomic mass is 9.69. The van der Waals surface area contributed by atoms with Crippen LogP contribution in [0.3, 0.4) is 0 Å². The molecule has 0 radical (unpaired) electrons. The van der Waals surface area contributed by atoms with Crippen LogP contribution in [0.15, 0.2) is 23.2 Å². The molecule has 0 saturated heterocycles. The van der Waals surface area contributed by atoms with Crippen LogP contribution >= 0.6 is 24.0 Å². The second-order valence-corrected chi connectivity index (χ2v) is 6.89. The van der Waals surface area contributed by atoms with E-state index in [1.165, 1.54) is 37.7 Å². The minimum absolute atomic E-state index is 0. The Bertz CT molecular complexity index is 614. The number of benzene rings is 1. The van der Waals surface area contributed by atoms with Crippen LogP contribution in [0.4, 0.5) is 0 Å². The van der Waals surface area contributed by atoms with E-state index < -0.39 is 0 Å². The predicted octanol–water partition coefficient (Wildman–Crippen LogP) is 3.13. The van der Waals surface area contributed by atoms with Crippen molar-refractivity contribution in [2.45, 2.75) is 37.5 Å². The van der Waals surface area contributed by atoms with Crippen LogP contribution in [-0.4, -0.2) is 44.3 Å². The van der Waals surface area contributed by atoms with Crippen molar-refractivity contribution in [3.8, 4) is 11.5 Å². The maximum Gasteiger partial charge on any atom is 0.231 e. The largest absolute Gasteiger partial charge is 0.454 e. The molecule has 0 bridgehead atoms. The summed E-state index contributed by atoms with van der Waals surface area (Å²) < 4.78 is 11.1. The molecule has 4 rings (SSSR count). The average Bonchev–Trinajstić information content (AvgIpc) is 3.21. The second-order valence-electron chi connectivity index (χ2n) is 6.89. The summed E-state index contributed by atoms with van der Waals surface area (Å²) >= 11 is 0. The van der Waals surface area contributed by atoms with Crippen molar-refractivity contribution in [1.29, 1.82) is 0 Å². The second kappa shape index (κ2) is 7.37. The lowest BCUT2D eigenvalue weighted by Gasteiger charge is -2.38. The number of rotatable bonds is 3. The molecule has 1 aromatic carbocycles. The van der Waals surface area contributed by atoms with Gasteiger partial charge in [-0.25, -0.2) is 0 Å². The minimum Gasteiger partial charge on any atom is -0.454 e. The number of ether oxygens (including phenoxy) is 2. The molecule has 1 aromatic rings. The number of hydrogen-bond donors (Lipinski definition) is 1. The van der Waals surface area contributed by atoms with Crippen LogP contribution in [-0.2, 0) is 5.41 Å². The van der Waals surface area contributed by atoms with Gasteiger partial charge in [-0.3, -0.25) is 4.99 Å². The Morgan fingerprint density at radius 2 is 1.96 bits per heavy atom. The van der Waals surface area contributed by atoms with Gasteiger partial charge < -0.3 is 19.7 Å². The molecular formula is C18H26IN3O2. The Kier molecular flexibility index (Phi) is 5.42. The first kappa shape index (κ1) is 17.6. The van der Waals surface area contributed by atoms with Gasteiger partial charge in [-0.05, 0) is 30.5 Å². The Morgan fingerprint density at radius 3 is 2.71 bits per heavy atom. The van der Waals surface area contributed by atoms with Crippen molar-refractivity contribution in [2.24, 2.45) is 4.99 Å². The first-order valence-corrected chi connectivity index (χ1v) is 8.66. The van der Waals surface area contributed by atoms with Crippen molar-refractivity contribution >= 4 is 29.9 Å². The predicted molar refractivity (Wildman–Crippen MR) is 106 cm³/mol. The van der Waals surface area contributed by atoms with Crippen molar-refractivity contribution in [1.82, 2.24) is 10.2 Å².